The van der Waals surface area contributed by atoms with Crippen LogP contribution in [0.4, 0.5) is 5.69 Å². The summed E-state index contributed by atoms with van der Waals surface area (Å²) in [6.07, 6.45) is 4.43. The van der Waals surface area contributed by atoms with Crippen molar-refractivity contribution in [2.24, 2.45) is 34.6 Å². The zero-order valence-corrected chi connectivity index (χ0v) is 49.3. The van der Waals surface area contributed by atoms with Gasteiger partial charge in [0.05, 0.1) is 47.1 Å². The molecule has 19 nitrogen and oxygen atoms in total. The van der Waals surface area contributed by atoms with Crippen molar-refractivity contribution >= 4 is 58.3 Å². The van der Waals surface area contributed by atoms with Crippen LogP contribution in [0.25, 0.3) is 0 Å². The number of ketones is 2. The van der Waals surface area contributed by atoms with E-state index >= 15 is 4.79 Å². The molecule has 2 fully saturated rings. The lowest BCUT2D eigenvalue weighted by Gasteiger charge is -2.39. The Morgan fingerprint density at radius 3 is 2.23 bits per heavy atom. The third-order valence-corrected chi connectivity index (χ3v) is 17.4. The number of aromatic hydroxyl groups is 1. The van der Waals surface area contributed by atoms with E-state index in [0.29, 0.717) is 49.7 Å². The number of esters is 1. The van der Waals surface area contributed by atoms with Crippen molar-refractivity contribution in [2.75, 3.05) is 44.7 Å². The number of aliphatic hydroxyl groups excluding tert-OH is 2. The molecule has 7 aliphatic rings. The minimum absolute atomic E-state index is 0.0137. The largest absolute Gasteiger partial charge is 0.507 e. The molecule has 9 atom stereocenters. The van der Waals surface area contributed by atoms with Gasteiger partial charge in [0.1, 0.15) is 35.4 Å². The van der Waals surface area contributed by atoms with Crippen LogP contribution in [0.5, 0.6) is 11.5 Å². The van der Waals surface area contributed by atoms with Gasteiger partial charge in [-0.3, -0.25) is 33.8 Å². The number of ether oxygens (including phenoxy) is 4. The molecule has 0 radical (unpaired) electrons. The Bertz CT molecular complexity index is 3010. The van der Waals surface area contributed by atoms with Gasteiger partial charge in [0.15, 0.2) is 0 Å². The number of aliphatic imine (C=N–C) groups is 1. The average molecular weight is 1140 g/mol. The van der Waals surface area contributed by atoms with E-state index in [1.807, 2.05) is 13.0 Å². The van der Waals surface area contributed by atoms with Gasteiger partial charge in [0.2, 0.25) is 17.6 Å². The van der Waals surface area contributed by atoms with Gasteiger partial charge < -0.3 is 59.6 Å². The van der Waals surface area contributed by atoms with Gasteiger partial charge in [0.25, 0.3) is 11.7 Å². The molecule has 5 N–H and O–H groups in total. The summed E-state index contributed by atoms with van der Waals surface area (Å²) >= 11 is 6.22. The highest BCUT2D eigenvalue weighted by atomic mass is 35.5. The maximum absolute atomic E-state index is 15.0. The van der Waals surface area contributed by atoms with Crippen LogP contribution < -0.4 is 20.3 Å². The molecular formula is C61H79ClN6O13. The van der Waals surface area contributed by atoms with Gasteiger partial charge in [-0.25, -0.2) is 0 Å². The van der Waals surface area contributed by atoms with Crippen molar-refractivity contribution in [1.82, 2.24) is 20.4 Å². The van der Waals surface area contributed by atoms with Crippen molar-refractivity contribution in [2.45, 2.75) is 150 Å². The van der Waals surface area contributed by atoms with Gasteiger partial charge in [-0.05, 0) is 69.4 Å². The van der Waals surface area contributed by atoms with E-state index in [9.17, 15) is 39.3 Å². The number of piperidine rings is 2. The molecule has 2 aromatic carbocycles. The third-order valence-electron chi connectivity index (χ3n) is 17.2. The number of aryl methyl sites for hydroxylation is 1. The number of phenols is 1. The fourth-order valence-electron chi connectivity index (χ4n) is 12.4. The number of hydrogen-bond donors (Lipinski definition) is 5. The molecule has 6 heterocycles. The first-order valence-corrected chi connectivity index (χ1v) is 28.6. The fraction of sp³-hybridized carbons (Fsp3) is 0.557. The summed E-state index contributed by atoms with van der Waals surface area (Å²) in [5.74, 6) is -8.65. The van der Waals surface area contributed by atoms with Crippen molar-refractivity contribution in [3.63, 3.8) is 0 Å². The van der Waals surface area contributed by atoms with Crippen molar-refractivity contribution in [1.29, 1.82) is 0 Å². The van der Waals surface area contributed by atoms with E-state index in [1.54, 1.807) is 68.7 Å². The molecule has 6 aliphatic heterocycles. The number of allylic oxidation sites excluding steroid dienone is 4. The fourth-order valence-corrected chi connectivity index (χ4v) is 12.6. The van der Waals surface area contributed by atoms with Crippen LogP contribution in [0.3, 0.4) is 0 Å². The van der Waals surface area contributed by atoms with E-state index in [1.165, 1.54) is 46.3 Å². The summed E-state index contributed by atoms with van der Waals surface area (Å²) in [6, 6.07) is 5.14. The molecule has 1 spiro atoms. The maximum atomic E-state index is 15.0. The molecule has 5 bridgehead atoms. The molecule has 3 amide bonds. The number of nitrogens with one attached hydrogen (secondary N) is 2. The second-order valence-corrected chi connectivity index (χ2v) is 23.9. The number of phenolic OH excluding ortho intramolecular Hbond substituents is 1. The highest BCUT2D eigenvalue weighted by Gasteiger charge is 2.55. The molecule has 2 saturated heterocycles. The van der Waals surface area contributed by atoms with Crippen molar-refractivity contribution in [3.8, 4) is 11.5 Å². The summed E-state index contributed by atoms with van der Waals surface area (Å²) in [5, 5.41) is 42.6. The molecule has 0 saturated carbocycles. The van der Waals surface area contributed by atoms with Gasteiger partial charge in [-0.2, -0.15) is 0 Å². The van der Waals surface area contributed by atoms with Crippen LogP contribution in [0.2, 0.25) is 5.02 Å². The summed E-state index contributed by atoms with van der Waals surface area (Å²) < 4.78 is 24.7. The number of amides is 3. The monoisotopic (exact) mass is 1140 g/mol. The van der Waals surface area contributed by atoms with E-state index in [2.05, 4.69) is 29.4 Å². The zero-order valence-electron chi connectivity index (χ0n) is 48.6. The van der Waals surface area contributed by atoms with Crippen LogP contribution >= 0.6 is 11.6 Å². The maximum Gasteiger partial charge on any atom is 0.315 e. The summed E-state index contributed by atoms with van der Waals surface area (Å²) in [4.78, 5) is 95.8. The first-order chi connectivity index (χ1) is 38.2. The summed E-state index contributed by atoms with van der Waals surface area (Å²) in [7, 11) is 1.43. The van der Waals surface area contributed by atoms with Crippen LogP contribution in [-0.2, 0) is 33.4 Å². The van der Waals surface area contributed by atoms with Gasteiger partial charge in [-0.1, -0.05) is 71.4 Å². The molecule has 20 heteroatoms. The molecule has 0 aromatic heterocycles. The lowest BCUT2D eigenvalue weighted by molar-refractivity contribution is -0.165. The number of fused-ring (bicyclic) bond motifs is 13. The number of nitrogens with zero attached hydrogens (tertiary/aromatic N) is 4. The second kappa shape index (κ2) is 24.2. The van der Waals surface area contributed by atoms with E-state index in [0.717, 1.165) is 17.8 Å². The Morgan fingerprint density at radius 2 is 1.60 bits per heavy atom. The lowest BCUT2D eigenvalue weighted by Crippen LogP contribution is -2.50. The number of aliphatic hydroxyl groups is 2. The molecule has 81 heavy (non-hydrogen) atoms. The topological polar surface area (TPSA) is 246 Å². The normalized spacial score (nSPS) is 29.7. The minimum Gasteiger partial charge on any atom is -0.507 e. The zero-order chi connectivity index (χ0) is 59.2. The number of likely N-dealkylation sites (tertiary alicyclic amines) is 2. The Labute approximate surface area is 479 Å². The number of halogens is 1. The lowest BCUT2D eigenvalue weighted by atomic mass is 9.78. The number of hydrogen-bond acceptors (Lipinski definition) is 16. The van der Waals surface area contributed by atoms with Crippen LogP contribution in [0.1, 0.15) is 132 Å². The number of carbonyl (C=O) groups excluding carboxylic acids is 6. The summed E-state index contributed by atoms with van der Waals surface area (Å²) in [6.45, 7) is 21.8. The predicted octanol–water partition coefficient (Wildman–Crippen LogP) is 6.99. The van der Waals surface area contributed by atoms with E-state index < -0.39 is 101 Å². The van der Waals surface area contributed by atoms with Crippen LogP contribution in [0.15, 0.2) is 70.7 Å². The highest BCUT2D eigenvalue weighted by Crippen LogP contribution is 2.50. The number of anilines is 1. The van der Waals surface area contributed by atoms with E-state index in [-0.39, 0.29) is 75.7 Å². The third kappa shape index (κ3) is 12.1. The molecule has 1 aliphatic carbocycles. The molecule has 0 unspecified atom stereocenters. The molecular weight excluding hydrogens is 1060 g/mol. The molecule has 9 rings (SSSR count). The first-order valence-electron chi connectivity index (χ1n) is 28.2. The number of rotatable bonds is 8. The quantitative estimate of drug-likeness (QED) is 0.132. The Morgan fingerprint density at radius 1 is 0.926 bits per heavy atom. The standard InChI is InChI=1S/C61H79ClN6O13/c1-31(2)30-66-25-21-61(22-26-66)64-49-46-47-54(74)38(9)57-48(46)58(76)60(11,81-57)79-27-20-43(78-12)35(6)56(37(8)53(73)36(7)52(72)32(3)14-13-15-33(4)59(77)63-51(55(47)75)50(49)65-61)80-45(71)29-44(70)67-23-18-41(19-24-67)68(39(10)69)42-17-16-40(62)28-34(42)5/h13-17,20,27-28,31-32,35-37,41,43,52-53,56,65,72-74H,18-19,21-26,29-30H2,1-12H3,(H,63,77)/b14-13+,27-20+,33-15-/t32-,35+,36+,37+,43-,52-,53+,56+,60-/m0/s1. The number of methoxy groups -OCH3 is 1. The molecule has 2 aromatic rings. The second-order valence-electron chi connectivity index (χ2n) is 23.5. The van der Waals surface area contributed by atoms with Crippen LogP contribution in [-0.4, -0.2) is 148 Å². The summed E-state index contributed by atoms with van der Waals surface area (Å²) in [5.41, 5.74) is 1.04. The van der Waals surface area contributed by atoms with Crippen molar-refractivity contribution < 1.29 is 63.0 Å². The number of benzene rings is 2. The van der Waals surface area contributed by atoms with Crippen molar-refractivity contribution in [3.05, 3.63) is 98.6 Å². The SMILES string of the molecule is CO[C@H]1/C=C/O[C@@]2(C)Oc3c(C)c(O)c4c(c3C2=O)C2=NC3(CCN(CC(C)C)CC3)NC2=C(NC(=O)/C(C)=C\C=C\[C@H](C)[C@H](O)[C@@H](C)[C@@H](O)[C@@H](C)[C@H](OC(=O)CC(=O)N2CCC(N(C(C)=O)c3ccc(Cl)cc3C)CC2)[C@@H]1C)C4=O. The Hall–Kier alpha value is -6.38. The first kappa shape index (κ1) is 60.7. The smallest absolute Gasteiger partial charge is 0.315 e. The van der Waals surface area contributed by atoms with Gasteiger partial charge in [-0.15, -0.1) is 0 Å². The van der Waals surface area contributed by atoms with Gasteiger partial charge >= 0.3 is 11.8 Å². The van der Waals surface area contributed by atoms with Crippen LogP contribution in [0, 0.1) is 43.4 Å². The predicted molar refractivity (Wildman–Crippen MR) is 305 cm³/mol. The average Bonchev–Trinajstić information content (AvgIpc) is 4.11. The number of Topliss-reactive ketones (excluding diaryl/α,β-unsaturated/α-hetero) is 2. The minimum atomic E-state index is -2.06. The van der Waals surface area contributed by atoms with Gasteiger partial charge in [0, 0.05) is 124 Å². The Kier molecular flexibility index (Phi) is 18.1. The highest BCUT2D eigenvalue weighted by molar-refractivity contribution is 6.34. The van der Waals surface area contributed by atoms with E-state index in [4.69, 9.17) is 35.5 Å². The Balaban J connectivity index is 1.10. The molecule has 438 valence electrons. The number of carbonyl (C=O) groups is 6.